The standard InChI is InChI=1S/C20H30O2/c1-18-11-9-16-14(15(18)10-12-19(18,2)22)8-7-13-5-4-6-17(21)20(13,16)3/h7,14-16,22H,4-6,8-12H2,1-3H3/t14-,15-,16-,18-,19-,20-/m0/s1. The molecule has 0 aliphatic heterocycles. The average Bonchev–Trinajstić information content (AvgIpc) is 2.71. The van der Waals surface area contributed by atoms with Gasteiger partial charge < -0.3 is 5.11 Å². The van der Waals surface area contributed by atoms with Crippen LogP contribution in [0.25, 0.3) is 0 Å². The van der Waals surface area contributed by atoms with Crippen LogP contribution >= 0.6 is 0 Å². The van der Waals surface area contributed by atoms with Crippen molar-refractivity contribution in [1.29, 1.82) is 0 Å². The highest BCUT2D eigenvalue weighted by molar-refractivity contribution is 5.89. The quantitative estimate of drug-likeness (QED) is 0.679. The summed E-state index contributed by atoms with van der Waals surface area (Å²) in [6.07, 6.45) is 10.8. The van der Waals surface area contributed by atoms with E-state index >= 15 is 0 Å². The fourth-order valence-corrected chi connectivity index (χ4v) is 6.75. The lowest BCUT2D eigenvalue weighted by Gasteiger charge is -2.57. The number of allylic oxidation sites excluding steroid dienone is 2. The molecule has 0 aromatic rings. The van der Waals surface area contributed by atoms with Gasteiger partial charge in [0.15, 0.2) is 0 Å². The molecular formula is C20H30O2. The third kappa shape index (κ3) is 1.63. The van der Waals surface area contributed by atoms with E-state index < -0.39 is 5.60 Å². The predicted octanol–water partition coefficient (Wildman–Crippen LogP) is 4.27. The molecule has 22 heavy (non-hydrogen) atoms. The molecule has 1 N–H and O–H groups in total. The van der Waals surface area contributed by atoms with Crippen LogP contribution in [0.15, 0.2) is 11.6 Å². The minimum Gasteiger partial charge on any atom is -0.390 e. The number of hydrogen-bond donors (Lipinski definition) is 1. The van der Waals surface area contributed by atoms with E-state index in [0.717, 1.165) is 51.4 Å². The summed E-state index contributed by atoms with van der Waals surface area (Å²) in [5, 5.41) is 10.9. The maximum absolute atomic E-state index is 12.8. The molecule has 0 heterocycles. The zero-order valence-electron chi connectivity index (χ0n) is 14.3. The third-order valence-corrected chi connectivity index (χ3v) is 8.47. The van der Waals surface area contributed by atoms with E-state index in [0.29, 0.717) is 23.5 Å². The van der Waals surface area contributed by atoms with Gasteiger partial charge in [-0.25, -0.2) is 0 Å². The lowest BCUT2D eigenvalue weighted by atomic mass is 9.47. The van der Waals surface area contributed by atoms with E-state index in [1.54, 1.807) is 0 Å². The third-order valence-electron chi connectivity index (χ3n) is 8.47. The average molecular weight is 302 g/mol. The van der Waals surface area contributed by atoms with Crippen molar-refractivity contribution in [1.82, 2.24) is 0 Å². The van der Waals surface area contributed by atoms with Gasteiger partial charge in [-0.1, -0.05) is 18.6 Å². The SMILES string of the molecule is C[C@]12C(=O)CCCC1=CC[C@@H]1[C@@H]2CC[C@@]2(C)[C@H]1CC[C@]2(C)O. The van der Waals surface area contributed by atoms with E-state index in [2.05, 4.69) is 19.9 Å². The molecule has 4 aliphatic rings. The summed E-state index contributed by atoms with van der Waals surface area (Å²) in [4.78, 5) is 12.8. The molecule has 2 heteroatoms. The summed E-state index contributed by atoms with van der Waals surface area (Å²) in [6.45, 7) is 6.60. The zero-order valence-corrected chi connectivity index (χ0v) is 14.3. The smallest absolute Gasteiger partial charge is 0.143 e. The molecule has 4 rings (SSSR count). The lowest BCUT2D eigenvalue weighted by Crippen LogP contribution is -2.55. The van der Waals surface area contributed by atoms with Crippen LogP contribution < -0.4 is 0 Å². The van der Waals surface area contributed by atoms with Gasteiger partial charge in [0.1, 0.15) is 5.78 Å². The second-order valence-electron chi connectivity index (χ2n) is 9.09. The first-order valence-electron chi connectivity index (χ1n) is 9.26. The lowest BCUT2D eigenvalue weighted by molar-refractivity contribution is -0.142. The van der Waals surface area contributed by atoms with E-state index in [1.807, 2.05) is 6.92 Å². The molecule has 0 saturated heterocycles. The normalized spacial score (nSPS) is 54.3. The Labute approximate surface area is 134 Å². The predicted molar refractivity (Wildman–Crippen MR) is 87.3 cm³/mol. The fraction of sp³-hybridized carbons (Fsp3) is 0.850. The molecule has 0 aromatic carbocycles. The van der Waals surface area contributed by atoms with Crippen molar-refractivity contribution >= 4 is 5.78 Å². The Kier molecular flexibility index (Phi) is 3.03. The van der Waals surface area contributed by atoms with Gasteiger partial charge in [-0.05, 0) is 82.0 Å². The van der Waals surface area contributed by atoms with Gasteiger partial charge in [0.05, 0.1) is 11.0 Å². The van der Waals surface area contributed by atoms with Gasteiger partial charge in [0.2, 0.25) is 0 Å². The first-order valence-corrected chi connectivity index (χ1v) is 9.26. The topological polar surface area (TPSA) is 37.3 Å². The van der Waals surface area contributed by atoms with Crippen LogP contribution in [0.5, 0.6) is 0 Å². The number of carbonyl (C=O) groups is 1. The van der Waals surface area contributed by atoms with Gasteiger partial charge in [-0.3, -0.25) is 4.79 Å². The Morgan fingerprint density at radius 3 is 2.59 bits per heavy atom. The summed E-state index contributed by atoms with van der Waals surface area (Å²) in [5.74, 6) is 2.20. The van der Waals surface area contributed by atoms with Crippen molar-refractivity contribution in [2.75, 3.05) is 0 Å². The van der Waals surface area contributed by atoms with E-state index in [-0.39, 0.29) is 10.8 Å². The molecule has 0 bridgehead atoms. The Morgan fingerprint density at radius 1 is 1.09 bits per heavy atom. The summed E-state index contributed by atoms with van der Waals surface area (Å²) in [7, 11) is 0. The molecular weight excluding hydrogens is 272 g/mol. The van der Waals surface area contributed by atoms with Crippen LogP contribution in [-0.4, -0.2) is 16.5 Å². The molecule has 6 atom stereocenters. The number of fused-ring (bicyclic) bond motifs is 5. The molecule has 2 nitrogen and oxygen atoms in total. The van der Waals surface area contributed by atoms with E-state index in [1.165, 1.54) is 5.57 Å². The summed E-state index contributed by atoms with van der Waals surface area (Å²) < 4.78 is 0. The maximum atomic E-state index is 12.8. The summed E-state index contributed by atoms with van der Waals surface area (Å²) in [5.41, 5.74) is 0.785. The first-order chi connectivity index (χ1) is 10.3. The summed E-state index contributed by atoms with van der Waals surface area (Å²) >= 11 is 0. The molecule has 4 aliphatic carbocycles. The second-order valence-corrected chi connectivity index (χ2v) is 9.09. The Balaban J connectivity index is 1.74. The molecule has 0 aromatic heterocycles. The number of ketones is 1. The maximum Gasteiger partial charge on any atom is 0.143 e. The second kappa shape index (κ2) is 4.47. The molecule has 3 saturated carbocycles. The van der Waals surface area contributed by atoms with Crippen LogP contribution in [-0.2, 0) is 4.79 Å². The number of hydrogen-bond acceptors (Lipinski definition) is 2. The van der Waals surface area contributed by atoms with Gasteiger partial charge in [-0.2, -0.15) is 0 Å². The number of rotatable bonds is 0. The molecule has 122 valence electrons. The van der Waals surface area contributed by atoms with E-state index in [4.69, 9.17) is 0 Å². The van der Waals surface area contributed by atoms with Crippen LogP contribution in [0.4, 0.5) is 0 Å². The van der Waals surface area contributed by atoms with Crippen molar-refractivity contribution in [3.63, 3.8) is 0 Å². The van der Waals surface area contributed by atoms with Crippen molar-refractivity contribution in [2.45, 2.75) is 77.7 Å². The van der Waals surface area contributed by atoms with Crippen molar-refractivity contribution in [3.8, 4) is 0 Å². The van der Waals surface area contributed by atoms with Crippen LogP contribution in [0, 0.1) is 28.6 Å². The van der Waals surface area contributed by atoms with Crippen LogP contribution in [0.3, 0.4) is 0 Å². The van der Waals surface area contributed by atoms with Crippen molar-refractivity contribution < 1.29 is 9.90 Å². The molecule has 0 radical (unpaired) electrons. The van der Waals surface area contributed by atoms with Crippen LogP contribution in [0.2, 0.25) is 0 Å². The van der Waals surface area contributed by atoms with Crippen molar-refractivity contribution in [3.05, 3.63) is 11.6 Å². The molecule has 0 amide bonds. The monoisotopic (exact) mass is 302 g/mol. The van der Waals surface area contributed by atoms with Gasteiger partial charge in [0.25, 0.3) is 0 Å². The number of aliphatic hydroxyl groups is 1. The van der Waals surface area contributed by atoms with E-state index in [9.17, 15) is 9.90 Å². The number of Topliss-reactive ketones (excluding diaryl/α,β-unsaturated/α-hetero) is 1. The Morgan fingerprint density at radius 2 is 1.82 bits per heavy atom. The molecule has 0 spiro atoms. The highest BCUT2D eigenvalue weighted by Crippen LogP contribution is 2.66. The fourth-order valence-electron chi connectivity index (χ4n) is 6.75. The summed E-state index contributed by atoms with van der Waals surface area (Å²) in [6, 6.07) is 0. The minimum atomic E-state index is -0.524. The highest BCUT2D eigenvalue weighted by Gasteiger charge is 2.63. The molecule has 0 unspecified atom stereocenters. The molecule has 3 fully saturated rings. The Hall–Kier alpha value is -0.630. The van der Waals surface area contributed by atoms with Gasteiger partial charge in [-0.15, -0.1) is 0 Å². The first kappa shape index (κ1) is 14.9. The zero-order chi connectivity index (χ0) is 15.8. The number of carbonyl (C=O) groups excluding carboxylic acids is 1. The van der Waals surface area contributed by atoms with Crippen molar-refractivity contribution in [2.24, 2.45) is 28.6 Å². The highest BCUT2D eigenvalue weighted by atomic mass is 16.3. The Bertz CT molecular complexity index is 546. The van der Waals surface area contributed by atoms with Crippen LogP contribution in [0.1, 0.15) is 72.1 Å². The van der Waals surface area contributed by atoms with Gasteiger partial charge in [0, 0.05) is 6.42 Å². The van der Waals surface area contributed by atoms with Gasteiger partial charge >= 0.3 is 0 Å². The largest absolute Gasteiger partial charge is 0.390 e. The minimum absolute atomic E-state index is 0.0492.